The molecular formula is C17H26N2O. The zero-order valence-corrected chi connectivity index (χ0v) is 12.9. The maximum atomic E-state index is 5.53. The second kappa shape index (κ2) is 8.43. The van der Waals surface area contributed by atoms with Crippen LogP contribution in [0.25, 0.3) is 0 Å². The molecule has 3 nitrogen and oxygen atoms in total. The van der Waals surface area contributed by atoms with Gasteiger partial charge < -0.3 is 15.0 Å². The van der Waals surface area contributed by atoms with Gasteiger partial charge in [-0.2, -0.15) is 0 Å². The number of hydrogen-bond donors (Lipinski definition) is 1. The summed E-state index contributed by atoms with van der Waals surface area (Å²) in [6, 6.07) is 6.79. The van der Waals surface area contributed by atoms with Crippen LogP contribution in [0.2, 0.25) is 0 Å². The molecule has 0 saturated carbocycles. The molecule has 0 fully saturated rings. The highest BCUT2D eigenvalue weighted by atomic mass is 16.5. The predicted octanol–water partition coefficient (Wildman–Crippen LogP) is 3.37. The van der Waals surface area contributed by atoms with E-state index in [0.29, 0.717) is 6.04 Å². The smallest absolute Gasteiger partial charge is 0.142 e. The molecule has 3 heteroatoms. The summed E-state index contributed by atoms with van der Waals surface area (Å²) in [4.78, 5) is 2.18. The van der Waals surface area contributed by atoms with Gasteiger partial charge in [-0.05, 0) is 17.7 Å². The normalized spacial score (nSPS) is 10.4. The van der Waals surface area contributed by atoms with Crippen LogP contribution >= 0.6 is 0 Å². The van der Waals surface area contributed by atoms with Gasteiger partial charge in [-0.1, -0.05) is 32.1 Å². The summed E-state index contributed by atoms with van der Waals surface area (Å²) in [5.74, 6) is 0.886. The summed E-state index contributed by atoms with van der Waals surface area (Å²) in [5.41, 5.74) is 2.29. The van der Waals surface area contributed by atoms with E-state index in [9.17, 15) is 0 Å². The fraction of sp³-hybridized carbons (Fsp3) is 0.412. The highest BCUT2D eigenvalue weighted by Gasteiger charge is 2.10. The first-order chi connectivity index (χ1) is 9.62. The molecule has 1 aromatic carbocycles. The lowest BCUT2D eigenvalue weighted by molar-refractivity contribution is 0.414. The molecular weight excluding hydrogens is 248 g/mol. The fourth-order valence-corrected chi connectivity index (χ4v) is 2.00. The van der Waals surface area contributed by atoms with Gasteiger partial charge in [0.1, 0.15) is 5.75 Å². The number of nitrogens with zero attached hydrogens (tertiary/aromatic N) is 1. The Balaban J connectivity index is 2.95. The standard InChI is InChI=1S/C17H26N2O/c1-6-10-19(11-7-2)16-9-8-15(12-17(16)20-5)13-18-14(3)4/h6-9,12,14,18H,1-2,10-11,13H2,3-5H3. The van der Waals surface area contributed by atoms with Crippen molar-refractivity contribution in [3.8, 4) is 5.75 Å². The zero-order chi connectivity index (χ0) is 15.0. The summed E-state index contributed by atoms with van der Waals surface area (Å²) in [6.45, 7) is 14.3. The molecule has 110 valence electrons. The van der Waals surface area contributed by atoms with Crippen molar-refractivity contribution < 1.29 is 4.74 Å². The van der Waals surface area contributed by atoms with Crippen molar-refractivity contribution in [2.45, 2.75) is 26.4 Å². The fourth-order valence-electron chi connectivity index (χ4n) is 2.00. The number of benzene rings is 1. The van der Waals surface area contributed by atoms with Gasteiger partial charge in [-0.25, -0.2) is 0 Å². The van der Waals surface area contributed by atoms with Crippen LogP contribution in [0, 0.1) is 0 Å². The number of ether oxygens (including phenoxy) is 1. The first-order valence-electron chi connectivity index (χ1n) is 6.99. The summed E-state index contributed by atoms with van der Waals surface area (Å²) < 4.78 is 5.53. The topological polar surface area (TPSA) is 24.5 Å². The van der Waals surface area contributed by atoms with E-state index >= 15 is 0 Å². The van der Waals surface area contributed by atoms with Gasteiger partial charge in [0.05, 0.1) is 12.8 Å². The van der Waals surface area contributed by atoms with Crippen LogP contribution in [0.5, 0.6) is 5.75 Å². The first kappa shape index (κ1) is 16.3. The van der Waals surface area contributed by atoms with Crippen LogP contribution in [0.1, 0.15) is 19.4 Å². The zero-order valence-electron chi connectivity index (χ0n) is 12.9. The molecule has 0 unspecified atom stereocenters. The Bertz CT molecular complexity index is 431. The molecule has 1 N–H and O–H groups in total. The number of rotatable bonds is 9. The van der Waals surface area contributed by atoms with Gasteiger partial charge in [-0.15, -0.1) is 13.2 Å². The summed E-state index contributed by atoms with van der Waals surface area (Å²) >= 11 is 0. The van der Waals surface area contributed by atoms with Gasteiger partial charge in [0, 0.05) is 25.7 Å². The second-order valence-electron chi connectivity index (χ2n) is 5.02. The van der Waals surface area contributed by atoms with E-state index in [1.807, 2.05) is 12.2 Å². The number of anilines is 1. The van der Waals surface area contributed by atoms with Crippen LogP contribution < -0.4 is 15.0 Å². The Kier molecular flexibility index (Phi) is 6.88. The van der Waals surface area contributed by atoms with E-state index < -0.39 is 0 Å². The van der Waals surface area contributed by atoms with Crippen molar-refractivity contribution >= 4 is 5.69 Å². The maximum absolute atomic E-state index is 5.53. The van der Waals surface area contributed by atoms with Crippen LogP contribution in [-0.2, 0) is 6.54 Å². The first-order valence-corrected chi connectivity index (χ1v) is 6.99. The quantitative estimate of drug-likeness (QED) is 0.699. The molecule has 0 saturated heterocycles. The molecule has 0 aliphatic rings. The Morgan fingerprint density at radius 3 is 2.40 bits per heavy atom. The van der Waals surface area contributed by atoms with E-state index in [1.165, 1.54) is 5.56 Å². The molecule has 1 aromatic rings. The maximum Gasteiger partial charge on any atom is 0.142 e. The Morgan fingerprint density at radius 2 is 1.90 bits per heavy atom. The van der Waals surface area contributed by atoms with E-state index in [2.05, 4.69) is 55.4 Å². The van der Waals surface area contributed by atoms with E-state index in [4.69, 9.17) is 4.74 Å². The molecule has 20 heavy (non-hydrogen) atoms. The summed E-state index contributed by atoms with van der Waals surface area (Å²) in [6.07, 6.45) is 3.77. The number of hydrogen-bond acceptors (Lipinski definition) is 3. The highest BCUT2D eigenvalue weighted by Crippen LogP contribution is 2.29. The number of methoxy groups -OCH3 is 1. The van der Waals surface area contributed by atoms with Crippen LogP contribution in [0.3, 0.4) is 0 Å². The second-order valence-corrected chi connectivity index (χ2v) is 5.02. The van der Waals surface area contributed by atoms with E-state index in [-0.39, 0.29) is 0 Å². The minimum Gasteiger partial charge on any atom is -0.495 e. The SMILES string of the molecule is C=CCN(CC=C)c1ccc(CNC(C)C)cc1OC. The Hall–Kier alpha value is -1.74. The minimum atomic E-state index is 0.471. The van der Waals surface area contributed by atoms with Crippen molar-refractivity contribution in [2.24, 2.45) is 0 Å². The van der Waals surface area contributed by atoms with Crippen molar-refractivity contribution in [3.05, 3.63) is 49.1 Å². The number of nitrogens with one attached hydrogen (secondary N) is 1. The third-order valence-electron chi connectivity index (χ3n) is 3.00. The molecule has 0 bridgehead atoms. The molecule has 0 radical (unpaired) electrons. The average Bonchev–Trinajstić information content (AvgIpc) is 2.44. The molecule has 0 heterocycles. The average molecular weight is 274 g/mol. The van der Waals surface area contributed by atoms with Gasteiger partial charge >= 0.3 is 0 Å². The van der Waals surface area contributed by atoms with Crippen LogP contribution in [0.4, 0.5) is 5.69 Å². The molecule has 0 aromatic heterocycles. The monoisotopic (exact) mass is 274 g/mol. The van der Waals surface area contributed by atoms with Crippen LogP contribution in [-0.4, -0.2) is 26.2 Å². The van der Waals surface area contributed by atoms with E-state index in [0.717, 1.165) is 31.1 Å². The van der Waals surface area contributed by atoms with Gasteiger partial charge in [0.25, 0.3) is 0 Å². The summed E-state index contributed by atoms with van der Waals surface area (Å²) in [7, 11) is 1.71. The Morgan fingerprint density at radius 1 is 1.25 bits per heavy atom. The third kappa shape index (κ3) is 4.74. The predicted molar refractivity (Wildman–Crippen MR) is 87.6 cm³/mol. The lowest BCUT2D eigenvalue weighted by Gasteiger charge is -2.24. The lowest BCUT2D eigenvalue weighted by atomic mass is 10.1. The highest BCUT2D eigenvalue weighted by molar-refractivity contribution is 5.60. The molecule has 0 atom stereocenters. The lowest BCUT2D eigenvalue weighted by Crippen LogP contribution is -2.24. The van der Waals surface area contributed by atoms with Gasteiger partial charge in [0.15, 0.2) is 0 Å². The molecule has 0 spiro atoms. The molecule has 0 amide bonds. The van der Waals surface area contributed by atoms with Crippen molar-refractivity contribution in [2.75, 3.05) is 25.1 Å². The van der Waals surface area contributed by atoms with Gasteiger partial charge in [0.2, 0.25) is 0 Å². The van der Waals surface area contributed by atoms with Crippen molar-refractivity contribution in [1.29, 1.82) is 0 Å². The van der Waals surface area contributed by atoms with Crippen molar-refractivity contribution in [1.82, 2.24) is 5.32 Å². The van der Waals surface area contributed by atoms with Crippen molar-refractivity contribution in [3.63, 3.8) is 0 Å². The van der Waals surface area contributed by atoms with E-state index in [1.54, 1.807) is 7.11 Å². The third-order valence-corrected chi connectivity index (χ3v) is 3.00. The largest absolute Gasteiger partial charge is 0.495 e. The Labute approximate surface area is 122 Å². The molecule has 0 aliphatic heterocycles. The molecule has 0 aliphatic carbocycles. The minimum absolute atomic E-state index is 0.471. The van der Waals surface area contributed by atoms with Crippen LogP contribution in [0.15, 0.2) is 43.5 Å². The van der Waals surface area contributed by atoms with Gasteiger partial charge in [-0.3, -0.25) is 0 Å². The molecule has 1 rings (SSSR count). The summed E-state index contributed by atoms with van der Waals surface area (Å²) in [5, 5.41) is 3.41.